The van der Waals surface area contributed by atoms with Gasteiger partial charge in [-0.15, -0.1) is 0 Å². The van der Waals surface area contributed by atoms with Gasteiger partial charge in [-0.1, -0.05) is 24.3 Å². The first-order chi connectivity index (χ1) is 19.4. The van der Waals surface area contributed by atoms with E-state index in [4.69, 9.17) is 18.9 Å². The van der Waals surface area contributed by atoms with Crippen molar-refractivity contribution in [2.45, 2.75) is 57.9 Å². The van der Waals surface area contributed by atoms with Gasteiger partial charge in [0.25, 0.3) is 0 Å². The second-order valence-corrected chi connectivity index (χ2v) is 10.8. The second kappa shape index (κ2) is 11.0. The van der Waals surface area contributed by atoms with Crippen LogP contribution < -0.4 is 18.9 Å². The quantitative estimate of drug-likeness (QED) is 0.426. The lowest BCUT2D eigenvalue weighted by molar-refractivity contribution is -0.142. The van der Waals surface area contributed by atoms with Crippen LogP contribution in [0.4, 0.5) is 0 Å². The highest BCUT2D eigenvalue weighted by Crippen LogP contribution is 2.41. The number of aliphatic hydroxyl groups is 1. The van der Waals surface area contributed by atoms with Gasteiger partial charge in [0.05, 0.1) is 13.2 Å². The number of rotatable bonds is 8. The topological polar surface area (TPSA) is 97.7 Å². The van der Waals surface area contributed by atoms with Gasteiger partial charge >= 0.3 is 5.97 Å². The number of fused-ring (bicyclic) bond motifs is 2. The summed E-state index contributed by atoms with van der Waals surface area (Å²) in [4.78, 5) is 13.6. The van der Waals surface area contributed by atoms with Crippen LogP contribution in [0.2, 0.25) is 0 Å². The fraction of sp³-hybridized carbons (Fsp3) is 0.406. The Morgan fingerprint density at radius 3 is 2.65 bits per heavy atom. The molecule has 3 aliphatic rings. The summed E-state index contributed by atoms with van der Waals surface area (Å²) < 4.78 is 23.7. The Kier molecular flexibility index (Phi) is 7.29. The van der Waals surface area contributed by atoms with Crippen molar-refractivity contribution in [3.63, 3.8) is 0 Å². The standard InChI is InChI=1S/C32H35NO7/c1-19-21(5-3-6-23(19)20-9-10-28-31(13-20)39-12-11-38-28)18-40-30-15-29(37-2)26(24-7-4-8-25(24)30)17-33-16-22(34)14-27(33)32(35)36/h3,5-6,9-10,13,15,22,27,34H,4,7-8,11-12,14,16-18H2,1-2H3,(H,35,36)/t22-,27+/m1/s1. The average Bonchev–Trinajstić information content (AvgIpc) is 3.60. The smallest absolute Gasteiger partial charge is 0.321 e. The van der Waals surface area contributed by atoms with E-state index >= 15 is 0 Å². The van der Waals surface area contributed by atoms with Crippen LogP contribution in [-0.4, -0.2) is 60.1 Å². The molecule has 0 unspecified atom stereocenters. The molecule has 0 saturated carbocycles. The normalized spacial score (nSPS) is 19.9. The van der Waals surface area contributed by atoms with Gasteiger partial charge in [0, 0.05) is 31.1 Å². The molecule has 1 saturated heterocycles. The molecular formula is C32H35NO7. The zero-order chi connectivity index (χ0) is 27.8. The molecule has 0 spiro atoms. The number of ether oxygens (including phenoxy) is 4. The molecule has 0 bridgehead atoms. The Hall–Kier alpha value is -3.75. The molecule has 0 radical (unpaired) electrons. The van der Waals surface area contributed by atoms with Crippen LogP contribution in [0.5, 0.6) is 23.0 Å². The first-order valence-corrected chi connectivity index (χ1v) is 13.9. The molecule has 0 aromatic heterocycles. The van der Waals surface area contributed by atoms with Crippen molar-refractivity contribution in [3.05, 3.63) is 70.3 Å². The van der Waals surface area contributed by atoms with Crippen LogP contribution in [0.25, 0.3) is 11.1 Å². The summed E-state index contributed by atoms with van der Waals surface area (Å²) >= 11 is 0. The average molecular weight is 546 g/mol. The van der Waals surface area contributed by atoms with Gasteiger partial charge < -0.3 is 29.2 Å². The lowest BCUT2D eigenvalue weighted by Gasteiger charge is -2.25. The van der Waals surface area contributed by atoms with Crippen molar-refractivity contribution < 1.29 is 34.0 Å². The molecule has 0 amide bonds. The molecular weight excluding hydrogens is 510 g/mol. The summed E-state index contributed by atoms with van der Waals surface area (Å²) in [6.45, 7) is 4.41. The summed E-state index contributed by atoms with van der Waals surface area (Å²) in [5.41, 5.74) is 7.78. The van der Waals surface area contributed by atoms with Crippen LogP contribution >= 0.6 is 0 Å². The lowest BCUT2D eigenvalue weighted by Crippen LogP contribution is -2.35. The number of benzene rings is 3. The maximum absolute atomic E-state index is 11.8. The van der Waals surface area contributed by atoms with E-state index in [1.54, 1.807) is 7.11 Å². The van der Waals surface area contributed by atoms with E-state index in [2.05, 4.69) is 31.2 Å². The zero-order valence-electron chi connectivity index (χ0n) is 22.9. The Morgan fingerprint density at radius 1 is 1.05 bits per heavy atom. The third-order valence-electron chi connectivity index (χ3n) is 8.37. The number of carboxylic acid groups (broad SMARTS) is 1. The molecule has 6 rings (SSSR count). The number of carbonyl (C=O) groups is 1. The summed E-state index contributed by atoms with van der Waals surface area (Å²) in [5.74, 6) is 2.15. The van der Waals surface area contributed by atoms with Gasteiger partial charge in [0.15, 0.2) is 11.5 Å². The van der Waals surface area contributed by atoms with Gasteiger partial charge in [-0.2, -0.15) is 0 Å². The molecule has 1 fully saturated rings. The van der Waals surface area contributed by atoms with Crippen molar-refractivity contribution in [1.29, 1.82) is 0 Å². The molecule has 8 heteroatoms. The molecule has 1 aliphatic carbocycles. The maximum atomic E-state index is 11.8. The Morgan fingerprint density at radius 2 is 1.85 bits per heavy atom. The number of hydrogen-bond donors (Lipinski definition) is 2. The molecule has 2 N–H and O–H groups in total. The summed E-state index contributed by atoms with van der Waals surface area (Å²) in [5, 5.41) is 19.8. The predicted octanol–water partition coefficient (Wildman–Crippen LogP) is 4.53. The van der Waals surface area contributed by atoms with Crippen molar-refractivity contribution in [2.24, 2.45) is 0 Å². The van der Waals surface area contributed by atoms with Gasteiger partial charge in [-0.25, -0.2) is 0 Å². The molecule has 2 aliphatic heterocycles. The number of aliphatic hydroxyl groups excluding tert-OH is 1. The number of likely N-dealkylation sites (tertiary alicyclic amines) is 1. The van der Waals surface area contributed by atoms with E-state index in [1.165, 1.54) is 11.1 Å². The van der Waals surface area contributed by atoms with Gasteiger partial charge in [-0.3, -0.25) is 9.69 Å². The molecule has 210 valence electrons. The molecule has 40 heavy (non-hydrogen) atoms. The second-order valence-electron chi connectivity index (χ2n) is 10.8. The van der Waals surface area contributed by atoms with Crippen LogP contribution in [0.1, 0.15) is 40.7 Å². The highest BCUT2D eigenvalue weighted by atomic mass is 16.6. The SMILES string of the molecule is COc1cc(OCc2cccc(-c3ccc4c(c3)OCCO4)c2C)c2c(c1CN1C[C@H](O)C[C@H]1C(=O)O)CCC2. The summed E-state index contributed by atoms with van der Waals surface area (Å²) in [6.07, 6.45) is 2.42. The zero-order valence-corrected chi connectivity index (χ0v) is 22.9. The Bertz CT molecular complexity index is 1440. The van der Waals surface area contributed by atoms with Crippen LogP contribution in [0, 0.1) is 6.92 Å². The van der Waals surface area contributed by atoms with Gasteiger partial charge in [-0.05, 0) is 71.7 Å². The number of aliphatic carboxylic acids is 1. The van der Waals surface area contributed by atoms with E-state index in [-0.39, 0.29) is 6.42 Å². The molecule has 2 heterocycles. The number of carboxylic acids is 1. The number of β-amino-alcohol motifs (C(OH)–C–C–N with tert-alkyl or cyclic N) is 1. The van der Waals surface area contributed by atoms with E-state index < -0.39 is 18.1 Å². The van der Waals surface area contributed by atoms with E-state index in [0.29, 0.717) is 38.7 Å². The number of methoxy groups -OCH3 is 1. The highest BCUT2D eigenvalue weighted by molar-refractivity contribution is 5.74. The summed E-state index contributed by atoms with van der Waals surface area (Å²) in [7, 11) is 1.64. The highest BCUT2D eigenvalue weighted by Gasteiger charge is 2.37. The van der Waals surface area contributed by atoms with Gasteiger partial charge in [0.1, 0.15) is 37.4 Å². The third kappa shape index (κ3) is 4.97. The Labute approximate surface area is 234 Å². The molecule has 2 atom stereocenters. The monoisotopic (exact) mass is 545 g/mol. The number of nitrogens with zero attached hydrogens (tertiary/aromatic N) is 1. The largest absolute Gasteiger partial charge is 0.496 e. The third-order valence-corrected chi connectivity index (χ3v) is 8.37. The van der Waals surface area contributed by atoms with E-state index in [9.17, 15) is 15.0 Å². The minimum absolute atomic E-state index is 0.242. The first-order valence-electron chi connectivity index (χ1n) is 13.9. The molecule has 8 nitrogen and oxygen atoms in total. The fourth-order valence-corrected chi connectivity index (χ4v) is 6.31. The van der Waals surface area contributed by atoms with Crippen LogP contribution in [0.15, 0.2) is 42.5 Å². The Balaban J connectivity index is 1.25. The maximum Gasteiger partial charge on any atom is 0.321 e. The fourth-order valence-electron chi connectivity index (χ4n) is 6.31. The minimum atomic E-state index is -0.902. The van der Waals surface area contributed by atoms with Crippen LogP contribution in [-0.2, 0) is 30.8 Å². The van der Waals surface area contributed by atoms with Crippen molar-refractivity contribution in [3.8, 4) is 34.1 Å². The van der Waals surface area contributed by atoms with Crippen molar-refractivity contribution in [1.82, 2.24) is 4.90 Å². The summed E-state index contributed by atoms with van der Waals surface area (Å²) in [6, 6.07) is 13.6. The lowest BCUT2D eigenvalue weighted by atomic mass is 9.96. The van der Waals surface area contributed by atoms with Gasteiger partial charge in [0.2, 0.25) is 0 Å². The molecule has 3 aromatic rings. The molecule has 3 aromatic carbocycles. The van der Waals surface area contributed by atoms with E-state index in [1.807, 2.05) is 23.1 Å². The van der Waals surface area contributed by atoms with E-state index in [0.717, 1.165) is 64.3 Å². The minimum Gasteiger partial charge on any atom is -0.496 e. The van der Waals surface area contributed by atoms with Crippen molar-refractivity contribution in [2.75, 3.05) is 26.9 Å². The predicted molar refractivity (Wildman–Crippen MR) is 149 cm³/mol. The first kappa shape index (κ1) is 26.5. The van der Waals surface area contributed by atoms with Crippen LogP contribution in [0.3, 0.4) is 0 Å². The number of hydrogen-bond acceptors (Lipinski definition) is 7. The van der Waals surface area contributed by atoms with Crippen molar-refractivity contribution >= 4 is 5.97 Å².